The average Bonchev–Trinajstić information content (AvgIpc) is 2.16. The minimum Gasteiger partial charge on any atom is -0.465 e. The first-order valence-electron chi connectivity index (χ1n) is 4.32. The molecule has 2 aliphatic rings. The van der Waals surface area contributed by atoms with Crippen LogP contribution in [0.3, 0.4) is 0 Å². The number of hydrogen-bond donors (Lipinski definition) is 1. The normalized spacial score (nSPS) is 34.7. The Labute approximate surface area is 78.5 Å². The molecule has 78 valence electrons. The number of amides is 1. The van der Waals surface area contributed by atoms with E-state index in [4.69, 9.17) is 5.11 Å². The minimum atomic E-state index is -3.05. The highest BCUT2D eigenvalue weighted by Gasteiger charge is 2.59. The highest BCUT2D eigenvalue weighted by atomic mass is 19.3. The first-order chi connectivity index (χ1) is 6.42. The summed E-state index contributed by atoms with van der Waals surface area (Å²) >= 11 is 0. The predicted octanol–water partition coefficient (Wildman–Crippen LogP) is 1.11. The number of fused-ring (bicyclic) bond motifs is 2. The molecule has 2 rings (SSSR count). The molecule has 0 aromatic carbocycles. The number of carbonyl (C=O) groups excluding carboxylic acids is 1. The van der Waals surface area contributed by atoms with E-state index in [0.29, 0.717) is 0 Å². The van der Waals surface area contributed by atoms with Gasteiger partial charge < -0.3 is 5.11 Å². The third-order valence-corrected chi connectivity index (χ3v) is 2.83. The van der Waals surface area contributed by atoms with Crippen molar-refractivity contribution in [2.24, 2.45) is 0 Å². The molecule has 0 saturated carbocycles. The van der Waals surface area contributed by atoms with Gasteiger partial charge in [-0.2, -0.15) is 0 Å². The molecule has 0 aliphatic carbocycles. The van der Waals surface area contributed by atoms with Gasteiger partial charge in [0.15, 0.2) is 0 Å². The highest BCUT2D eigenvalue weighted by Crippen LogP contribution is 2.44. The van der Waals surface area contributed by atoms with E-state index in [9.17, 15) is 18.4 Å². The van der Waals surface area contributed by atoms with Crippen LogP contribution in [0.5, 0.6) is 0 Å². The highest BCUT2D eigenvalue weighted by molar-refractivity contribution is 5.83. The van der Waals surface area contributed by atoms with Crippen LogP contribution in [0.2, 0.25) is 0 Å². The molecular formula is C8H9F2NO3. The van der Waals surface area contributed by atoms with Crippen molar-refractivity contribution in [3.05, 3.63) is 0 Å². The van der Waals surface area contributed by atoms with Gasteiger partial charge in [-0.25, -0.2) is 13.6 Å². The van der Waals surface area contributed by atoms with Gasteiger partial charge in [0, 0.05) is 25.3 Å². The number of nitrogens with zero attached hydrogens (tertiary/aromatic N) is 1. The Bertz CT molecular complexity index is 305. The summed E-state index contributed by atoms with van der Waals surface area (Å²) in [7, 11) is 0. The Morgan fingerprint density at radius 3 is 2.64 bits per heavy atom. The van der Waals surface area contributed by atoms with Crippen molar-refractivity contribution in [3.8, 4) is 0 Å². The molecule has 2 atom stereocenters. The van der Waals surface area contributed by atoms with Crippen molar-refractivity contribution in [2.75, 3.05) is 0 Å². The van der Waals surface area contributed by atoms with Gasteiger partial charge in [-0.05, 0) is 0 Å². The van der Waals surface area contributed by atoms with Crippen LogP contribution in [0, 0.1) is 0 Å². The average molecular weight is 205 g/mol. The predicted molar refractivity (Wildman–Crippen MR) is 41.2 cm³/mol. The smallest absolute Gasteiger partial charge is 0.408 e. The number of piperidine rings is 1. The van der Waals surface area contributed by atoms with Gasteiger partial charge in [-0.15, -0.1) is 0 Å². The molecule has 14 heavy (non-hydrogen) atoms. The third kappa shape index (κ3) is 1.17. The van der Waals surface area contributed by atoms with Crippen LogP contribution < -0.4 is 0 Å². The Hall–Kier alpha value is -1.20. The number of hydrogen-bond acceptors (Lipinski definition) is 2. The molecule has 2 heterocycles. The summed E-state index contributed by atoms with van der Waals surface area (Å²) in [4.78, 5) is 22.5. The SMILES string of the molecule is O=C1C[C@H]2CC(F)(F)[C@@H](C1)N2C(=O)O. The lowest BCUT2D eigenvalue weighted by Gasteiger charge is -2.31. The van der Waals surface area contributed by atoms with Crippen molar-refractivity contribution in [2.45, 2.75) is 37.3 Å². The van der Waals surface area contributed by atoms with Crippen molar-refractivity contribution < 1.29 is 23.5 Å². The van der Waals surface area contributed by atoms with Gasteiger partial charge >= 0.3 is 6.09 Å². The molecule has 0 unspecified atom stereocenters. The third-order valence-electron chi connectivity index (χ3n) is 2.83. The van der Waals surface area contributed by atoms with Gasteiger partial charge in [-0.3, -0.25) is 9.69 Å². The van der Waals surface area contributed by atoms with Crippen LogP contribution >= 0.6 is 0 Å². The fraction of sp³-hybridized carbons (Fsp3) is 0.750. The lowest BCUT2D eigenvalue weighted by atomic mass is 10.0. The standard InChI is InChI=1S/C8H9F2NO3/c9-8(10)3-4-1-5(12)2-6(8)11(4)7(13)14/h4,6H,1-3H2,(H,13,14)/t4-,6+/m0/s1. The second-order valence-electron chi connectivity index (χ2n) is 3.77. The van der Waals surface area contributed by atoms with Crippen molar-refractivity contribution >= 4 is 11.9 Å². The van der Waals surface area contributed by atoms with Crippen LogP contribution in [-0.4, -0.2) is 39.9 Å². The monoisotopic (exact) mass is 205 g/mol. The van der Waals surface area contributed by atoms with Gasteiger partial charge in [-0.1, -0.05) is 0 Å². The Morgan fingerprint density at radius 2 is 2.14 bits per heavy atom. The van der Waals surface area contributed by atoms with E-state index < -0.39 is 30.5 Å². The zero-order chi connectivity index (χ0) is 10.5. The molecule has 0 aromatic heterocycles. The molecule has 2 saturated heterocycles. The number of carbonyl (C=O) groups is 2. The van der Waals surface area contributed by atoms with Crippen molar-refractivity contribution in [1.82, 2.24) is 4.90 Å². The molecule has 2 aliphatic heterocycles. The fourth-order valence-corrected chi connectivity index (χ4v) is 2.28. The van der Waals surface area contributed by atoms with Crippen LogP contribution in [0.4, 0.5) is 13.6 Å². The van der Waals surface area contributed by atoms with Gasteiger partial charge in [0.2, 0.25) is 0 Å². The summed E-state index contributed by atoms with van der Waals surface area (Å²) < 4.78 is 26.5. The number of ketones is 1. The zero-order valence-electron chi connectivity index (χ0n) is 7.24. The number of alkyl halides is 2. The molecule has 0 radical (unpaired) electrons. The lowest BCUT2D eigenvalue weighted by Crippen LogP contribution is -2.49. The molecule has 2 fully saturated rings. The number of halogens is 2. The molecule has 4 nitrogen and oxygen atoms in total. The molecule has 0 aromatic rings. The maximum atomic E-state index is 13.2. The maximum Gasteiger partial charge on any atom is 0.408 e. The van der Waals surface area contributed by atoms with Crippen LogP contribution in [0.15, 0.2) is 0 Å². The number of carboxylic acid groups (broad SMARTS) is 1. The first-order valence-corrected chi connectivity index (χ1v) is 4.32. The summed E-state index contributed by atoms with van der Waals surface area (Å²) in [6.07, 6.45) is -2.30. The second kappa shape index (κ2) is 2.65. The Balaban J connectivity index is 2.32. The van der Waals surface area contributed by atoms with Crippen LogP contribution in [0.25, 0.3) is 0 Å². The zero-order valence-corrected chi connectivity index (χ0v) is 7.24. The fourth-order valence-electron chi connectivity index (χ4n) is 2.28. The van der Waals surface area contributed by atoms with E-state index in [-0.39, 0.29) is 18.6 Å². The lowest BCUT2D eigenvalue weighted by molar-refractivity contribution is -0.125. The van der Waals surface area contributed by atoms with Crippen LogP contribution in [0.1, 0.15) is 19.3 Å². The maximum absolute atomic E-state index is 13.2. The summed E-state index contributed by atoms with van der Waals surface area (Å²) in [6, 6.07) is -2.26. The molecule has 1 N–H and O–H groups in total. The van der Waals surface area contributed by atoms with Crippen molar-refractivity contribution in [3.63, 3.8) is 0 Å². The van der Waals surface area contributed by atoms with E-state index >= 15 is 0 Å². The molecule has 6 heteroatoms. The molecule has 2 bridgehead atoms. The summed E-state index contributed by atoms with van der Waals surface area (Å²) in [5.41, 5.74) is 0. The van der Waals surface area contributed by atoms with E-state index in [1.165, 1.54) is 0 Å². The first kappa shape index (κ1) is 9.36. The van der Waals surface area contributed by atoms with Crippen LogP contribution in [-0.2, 0) is 4.79 Å². The van der Waals surface area contributed by atoms with E-state index in [1.54, 1.807) is 0 Å². The number of Topliss-reactive ketones (excluding diaryl/α,β-unsaturated/α-hetero) is 1. The second-order valence-corrected chi connectivity index (χ2v) is 3.77. The van der Waals surface area contributed by atoms with E-state index in [1.807, 2.05) is 0 Å². The minimum absolute atomic E-state index is 0.0710. The largest absolute Gasteiger partial charge is 0.465 e. The summed E-state index contributed by atoms with van der Waals surface area (Å²) in [6.45, 7) is 0. The van der Waals surface area contributed by atoms with Crippen molar-refractivity contribution in [1.29, 1.82) is 0 Å². The Morgan fingerprint density at radius 1 is 1.50 bits per heavy atom. The summed E-state index contributed by atoms with van der Waals surface area (Å²) in [5, 5.41) is 8.72. The molecule has 1 amide bonds. The molecule has 0 spiro atoms. The van der Waals surface area contributed by atoms with Gasteiger partial charge in [0.25, 0.3) is 5.92 Å². The molecular weight excluding hydrogens is 196 g/mol. The topological polar surface area (TPSA) is 57.6 Å². The quantitative estimate of drug-likeness (QED) is 0.644. The van der Waals surface area contributed by atoms with E-state index in [2.05, 4.69) is 0 Å². The van der Waals surface area contributed by atoms with E-state index in [0.717, 1.165) is 4.90 Å². The summed E-state index contributed by atoms with van der Waals surface area (Å²) in [5.74, 6) is -3.32. The number of rotatable bonds is 0. The Kier molecular flexibility index (Phi) is 1.77. The van der Waals surface area contributed by atoms with Gasteiger partial charge in [0.1, 0.15) is 11.8 Å². The van der Waals surface area contributed by atoms with Gasteiger partial charge in [0.05, 0.1) is 0 Å².